The zero-order chi connectivity index (χ0) is 19.1. The average Bonchev–Trinajstić information content (AvgIpc) is 3.05. The van der Waals surface area contributed by atoms with Crippen LogP contribution in [0.5, 0.6) is 0 Å². The molecule has 27 heavy (non-hydrogen) atoms. The maximum absolute atomic E-state index is 12.7. The summed E-state index contributed by atoms with van der Waals surface area (Å²) in [6.07, 6.45) is 2.42. The highest BCUT2D eigenvalue weighted by Crippen LogP contribution is 2.27. The molecule has 0 N–H and O–H groups in total. The number of benzene rings is 2. The molecule has 0 atom stereocenters. The van der Waals surface area contributed by atoms with Crippen LogP contribution in [-0.4, -0.2) is 21.5 Å². The van der Waals surface area contributed by atoms with Gasteiger partial charge >= 0.3 is 0 Å². The molecule has 0 spiro atoms. The van der Waals surface area contributed by atoms with Crippen LogP contribution < -0.4 is 15.8 Å². The van der Waals surface area contributed by atoms with Crippen LogP contribution in [0.4, 0.5) is 0 Å². The molecular weight excluding hydrogens is 348 g/mol. The Kier molecular flexibility index (Phi) is 3.84. The highest BCUT2D eigenvalue weighted by molar-refractivity contribution is 5.92. The van der Waals surface area contributed by atoms with E-state index in [2.05, 4.69) is 4.98 Å². The first-order valence-electron chi connectivity index (χ1n) is 8.22. The van der Waals surface area contributed by atoms with Gasteiger partial charge in [0.2, 0.25) is 0 Å². The van der Waals surface area contributed by atoms with E-state index in [-0.39, 0.29) is 16.7 Å². The number of nitrogens with zero attached hydrogens (tertiary/aromatic N) is 2. The lowest BCUT2D eigenvalue weighted by molar-refractivity contribution is -0.256. The minimum absolute atomic E-state index is 0.0410. The molecule has 2 aromatic carbocycles. The van der Waals surface area contributed by atoms with Crippen LogP contribution in [0.25, 0.3) is 22.6 Å². The molecule has 0 bridgehead atoms. The third-order valence-corrected chi connectivity index (χ3v) is 4.57. The second-order valence-electron chi connectivity index (χ2n) is 6.24. The molecule has 134 valence electrons. The molecule has 0 fully saturated rings. The molecule has 7 nitrogen and oxygen atoms in total. The maximum Gasteiger partial charge on any atom is 0.261 e. The van der Waals surface area contributed by atoms with Gasteiger partial charge in [0.05, 0.1) is 22.8 Å². The van der Waals surface area contributed by atoms with E-state index in [0.29, 0.717) is 29.7 Å². The van der Waals surface area contributed by atoms with Gasteiger partial charge in [-0.2, -0.15) is 0 Å². The number of rotatable bonds is 3. The van der Waals surface area contributed by atoms with Gasteiger partial charge in [-0.05, 0) is 46.9 Å². The molecule has 0 unspecified atom stereocenters. The zero-order valence-corrected chi connectivity index (χ0v) is 14.0. The Balaban J connectivity index is 1.82. The molecular formula is C20H12N2O5-2. The predicted molar refractivity (Wildman–Crippen MR) is 93.6 cm³/mol. The molecule has 3 aromatic rings. The summed E-state index contributed by atoms with van der Waals surface area (Å²) in [5, 5.41) is 22.3. The molecule has 4 rings (SSSR count). The van der Waals surface area contributed by atoms with E-state index in [4.69, 9.17) is 0 Å². The fraction of sp³-hybridized carbons (Fsp3) is 0.100. The fourth-order valence-corrected chi connectivity index (χ4v) is 3.20. The van der Waals surface area contributed by atoms with Crippen LogP contribution in [0, 0.1) is 0 Å². The van der Waals surface area contributed by atoms with Gasteiger partial charge in [-0.15, -0.1) is 0 Å². The summed E-state index contributed by atoms with van der Waals surface area (Å²) >= 11 is 0. The summed E-state index contributed by atoms with van der Waals surface area (Å²) in [5.74, 6) is -2.10. The number of carboxylic acid groups (broad SMARTS) is 2. The van der Waals surface area contributed by atoms with Crippen molar-refractivity contribution >= 4 is 34.5 Å². The van der Waals surface area contributed by atoms with Gasteiger partial charge in [0, 0.05) is 6.54 Å². The van der Waals surface area contributed by atoms with E-state index in [1.807, 2.05) is 6.08 Å². The first kappa shape index (κ1) is 16.7. The molecule has 0 saturated heterocycles. The van der Waals surface area contributed by atoms with Gasteiger partial charge in [0.1, 0.15) is 5.82 Å². The van der Waals surface area contributed by atoms with E-state index in [1.54, 1.807) is 16.7 Å². The predicted octanol–water partition coefficient (Wildman–Crippen LogP) is 0.0678. The molecule has 0 radical (unpaired) electrons. The molecule has 2 heterocycles. The topological polar surface area (TPSA) is 115 Å². The maximum atomic E-state index is 12.7. The van der Waals surface area contributed by atoms with Crippen molar-refractivity contribution in [2.45, 2.75) is 13.0 Å². The quantitative estimate of drug-likeness (QED) is 0.653. The lowest BCUT2D eigenvalue weighted by Crippen LogP contribution is -2.23. The number of carboxylic acids is 2. The highest BCUT2D eigenvalue weighted by atomic mass is 16.4. The van der Waals surface area contributed by atoms with Crippen molar-refractivity contribution in [2.75, 3.05) is 0 Å². The standard InChI is InChI=1S/C20H14N2O5/c23-18-15-6-5-14(20(26)27)10-16(15)21-17-13(7-8-22(17)18)9-11-1-3-12(4-2-11)19(24)25/h1-6,9-10H,7-8H2,(H,24,25)(H,26,27)/p-2/b13-9+. The summed E-state index contributed by atoms with van der Waals surface area (Å²) in [4.78, 5) is 39.1. The van der Waals surface area contributed by atoms with E-state index in [1.165, 1.54) is 30.3 Å². The Morgan fingerprint density at radius 3 is 2.33 bits per heavy atom. The number of hydrogen-bond donors (Lipinski definition) is 0. The van der Waals surface area contributed by atoms with Crippen LogP contribution in [0.15, 0.2) is 47.3 Å². The lowest BCUT2D eigenvalue weighted by Gasteiger charge is -2.08. The minimum atomic E-state index is -1.33. The summed E-state index contributed by atoms with van der Waals surface area (Å²) in [5.41, 5.74) is 1.69. The largest absolute Gasteiger partial charge is 0.545 e. The van der Waals surface area contributed by atoms with Crippen molar-refractivity contribution in [1.82, 2.24) is 9.55 Å². The van der Waals surface area contributed by atoms with Crippen molar-refractivity contribution in [3.05, 3.63) is 75.3 Å². The Bertz CT molecular complexity index is 1190. The van der Waals surface area contributed by atoms with Crippen LogP contribution >= 0.6 is 0 Å². The molecule has 1 aromatic heterocycles. The van der Waals surface area contributed by atoms with Gasteiger partial charge in [-0.25, -0.2) is 4.98 Å². The molecule has 0 saturated carbocycles. The van der Waals surface area contributed by atoms with E-state index in [0.717, 1.165) is 11.1 Å². The third-order valence-electron chi connectivity index (χ3n) is 4.57. The second-order valence-corrected chi connectivity index (χ2v) is 6.24. The number of aromatic carboxylic acids is 2. The minimum Gasteiger partial charge on any atom is -0.545 e. The third kappa shape index (κ3) is 2.89. The Morgan fingerprint density at radius 1 is 1.00 bits per heavy atom. The average molecular weight is 360 g/mol. The van der Waals surface area contributed by atoms with E-state index >= 15 is 0 Å². The lowest BCUT2D eigenvalue weighted by atomic mass is 10.1. The van der Waals surface area contributed by atoms with Crippen LogP contribution in [-0.2, 0) is 6.54 Å². The van der Waals surface area contributed by atoms with Crippen molar-refractivity contribution < 1.29 is 19.8 Å². The van der Waals surface area contributed by atoms with Crippen molar-refractivity contribution in [3.8, 4) is 0 Å². The van der Waals surface area contributed by atoms with Crippen molar-refractivity contribution in [3.63, 3.8) is 0 Å². The van der Waals surface area contributed by atoms with Gasteiger partial charge in [-0.3, -0.25) is 9.36 Å². The number of carbonyl (C=O) groups excluding carboxylic acids is 2. The first-order valence-corrected chi connectivity index (χ1v) is 8.22. The molecule has 0 aliphatic carbocycles. The van der Waals surface area contributed by atoms with E-state index in [9.17, 15) is 24.6 Å². The summed E-state index contributed by atoms with van der Waals surface area (Å²) in [6.45, 7) is 0.475. The number of fused-ring (bicyclic) bond motifs is 2. The van der Waals surface area contributed by atoms with Crippen molar-refractivity contribution in [1.29, 1.82) is 0 Å². The van der Waals surface area contributed by atoms with Crippen LogP contribution in [0.2, 0.25) is 0 Å². The normalized spacial score (nSPS) is 14.4. The molecule has 7 heteroatoms. The molecule has 1 aliphatic rings. The Labute approximate surface area is 152 Å². The van der Waals surface area contributed by atoms with Gasteiger partial charge in [-0.1, -0.05) is 30.3 Å². The first-order chi connectivity index (χ1) is 12.9. The monoisotopic (exact) mass is 360 g/mol. The van der Waals surface area contributed by atoms with Gasteiger partial charge < -0.3 is 19.8 Å². The Morgan fingerprint density at radius 2 is 1.67 bits per heavy atom. The number of carbonyl (C=O) groups is 2. The number of hydrogen-bond acceptors (Lipinski definition) is 6. The molecule has 1 aliphatic heterocycles. The van der Waals surface area contributed by atoms with Gasteiger partial charge in [0.15, 0.2) is 0 Å². The summed E-state index contributed by atoms with van der Waals surface area (Å²) in [7, 11) is 0. The fourth-order valence-electron chi connectivity index (χ4n) is 3.20. The summed E-state index contributed by atoms with van der Waals surface area (Å²) < 4.78 is 1.56. The number of aromatic nitrogens is 2. The van der Waals surface area contributed by atoms with Crippen LogP contribution in [0.1, 0.15) is 38.5 Å². The van der Waals surface area contributed by atoms with E-state index < -0.39 is 11.9 Å². The zero-order valence-electron chi connectivity index (χ0n) is 14.0. The SMILES string of the molecule is O=C([O-])c1ccc(/C=C2\CCn3c2nc2cc(C(=O)[O-])ccc2c3=O)cc1. The smallest absolute Gasteiger partial charge is 0.261 e. The Hall–Kier alpha value is -3.74. The highest BCUT2D eigenvalue weighted by Gasteiger charge is 2.21. The second kappa shape index (κ2) is 6.21. The van der Waals surface area contributed by atoms with Gasteiger partial charge in [0.25, 0.3) is 5.56 Å². The number of allylic oxidation sites excluding steroid dienone is 1. The van der Waals surface area contributed by atoms with Crippen LogP contribution in [0.3, 0.4) is 0 Å². The van der Waals surface area contributed by atoms with Crippen molar-refractivity contribution in [2.24, 2.45) is 0 Å². The molecule has 0 amide bonds. The summed E-state index contributed by atoms with van der Waals surface area (Å²) in [6, 6.07) is 10.3.